The van der Waals surface area contributed by atoms with Gasteiger partial charge in [-0.15, -0.1) is 0 Å². The second kappa shape index (κ2) is 9.33. The van der Waals surface area contributed by atoms with Crippen LogP contribution in [0.1, 0.15) is 15.9 Å². The molecule has 9 heteroatoms. The monoisotopic (exact) mass is 451 g/mol. The van der Waals surface area contributed by atoms with E-state index in [1.165, 1.54) is 18.5 Å². The lowest BCUT2D eigenvalue weighted by Gasteiger charge is -2.32. The van der Waals surface area contributed by atoms with E-state index in [1.54, 1.807) is 24.3 Å². The number of hydrogen-bond donors (Lipinski definition) is 2. The van der Waals surface area contributed by atoms with Crippen LogP contribution in [0, 0.1) is 11.6 Å². The maximum atomic E-state index is 13.6. The minimum absolute atomic E-state index is 0.0208. The maximum absolute atomic E-state index is 13.6. The second-order valence-corrected chi connectivity index (χ2v) is 7.89. The van der Waals surface area contributed by atoms with E-state index in [0.717, 1.165) is 25.2 Å². The average Bonchev–Trinajstić information content (AvgIpc) is 2.81. The molecule has 0 atom stereocenters. The van der Waals surface area contributed by atoms with Crippen LogP contribution < -0.4 is 11.3 Å². The van der Waals surface area contributed by atoms with Crippen LogP contribution in [0.15, 0.2) is 58.5 Å². The summed E-state index contributed by atoms with van der Waals surface area (Å²) in [6, 6.07) is 10.2. The van der Waals surface area contributed by atoms with Crippen LogP contribution in [-0.2, 0) is 0 Å². The molecule has 0 bridgehead atoms. The van der Waals surface area contributed by atoms with Gasteiger partial charge in [-0.1, -0.05) is 0 Å². The highest BCUT2D eigenvalue weighted by atomic mass is 19.2. The fourth-order valence-corrected chi connectivity index (χ4v) is 3.64. The Kier molecular flexibility index (Phi) is 6.32. The van der Waals surface area contributed by atoms with Crippen molar-refractivity contribution in [1.29, 1.82) is 0 Å². The predicted octanol–water partition coefficient (Wildman–Crippen LogP) is 2.90. The molecule has 33 heavy (non-hydrogen) atoms. The molecule has 4 rings (SSSR count). The third-order valence-corrected chi connectivity index (χ3v) is 5.63. The lowest BCUT2D eigenvalue weighted by Crippen LogP contribution is -2.47. The fourth-order valence-electron chi connectivity index (χ4n) is 3.64. The second-order valence-electron chi connectivity index (χ2n) is 7.89. The number of amides is 1. The van der Waals surface area contributed by atoms with Crippen LogP contribution in [0.3, 0.4) is 0 Å². The molecule has 1 saturated heterocycles. The van der Waals surface area contributed by atoms with Gasteiger partial charge in [-0.3, -0.25) is 14.6 Å². The molecular formula is C24H23F2N5O2. The van der Waals surface area contributed by atoms with Crippen molar-refractivity contribution in [3.8, 4) is 0 Å². The molecule has 3 aromatic rings. The Labute approximate surface area is 188 Å². The number of pyridine rings is 1. The van der Waals surface area contributed by atoms with E-state index < -0.39 is 17.2 Å². The van der Waals surface area contributed by atoms with E-state index in [-0.39, 0.29) is 17.0 Å². The van der Waals surface area contributed by atoms with E-state index in [1.807, 2.05) is 11.9 Å². The van der Waals surface area contributed by atoms with Crippen molar-refractivity contribution in [2.75, 3.05) is 33.2 Å². The molecule has 7 nitrogen and oxygen atoms in total. The summed E-state index contributed by atoms with van der Waals surface area (Å²) in [7, 11) is 2.03. The van der Waals surface area contributed by atoms with Gasteiger partial charge in [-0.2, -0.15) is 0 Å². The van der Waals surface area contributed by atoms with Gasteiger partial charge >= 0.3 is 0 Å². The minimum Gasteiger partial charge on any atom is -0.404 e. The summed E-state index contributed by atoms with van der Waals surface area (Å²) in [5.74, 6) is -2.08. The normalized spacial score (nSPS) is 15.5. The fraction of sp³-hybridized carbons (Fsp3) is 0.208. The summed E-state index contributed by atoms with van der Waals surface area (Å²) in [6.45, 7) is 3.07. The van der Waals surface area contributed by atoms with E-state index in [4.69, 9.17) is 5.73 Å². The van der Waals surface area contributed by atoms with E-state index in [0.29, 0.717) is 35.3 Å². The van der Waals surface area contributed by atoms with Crippen molar-refractivity contribution in [3.05, 3.63) is 81.8 Å². The highest BCUT2D eigenvalue weighted by molar-refractivity contribution is 6.11. The smallest absolute Gasteiger partial charge is 0.256 e. The first-order chi connectivity index (χ1) is 15.9. The summed E-state index contributed by atoms with van der Waals surface area (Å²) in [4.78, 5) is 36.0. The standard InChI is InChI=1S/C24H23F2N5O2/c1-30-6-8-31(9-7-30)24(33)15-2-4-18(5-3-15)28-14-17(13-27)19-10-16-11-20(25)21(26)12-22(16)29-23(19)32/h2-5,10-14H,6-9,27H2,1H3,(H,29,32). The Morgan fingerprint density at radius 2 is 1.73 bits per heavy atom. The Bertz CT molecular complexity index is 1310. The van der Waals surface area contributed by atoms with Crippen molar-refractivity contribution in [3.63, 3.8) is 0 Å². The molecular weight excluding hydrogens is 428 g/mol. The quantitative estimate of drug-likeness (QED) is 0.597. The number of carbonyl (C=O) groups is 1. The first-order valence-electron chi connectivity index (χ1n) is 10.4. The molecule has 0 saturated carbocycles. The number of nitrogens with zero attached hydrogens (tertiary/aromatic N) is 3. The number of halogens is 2. The number of benzene rings is 2. The van der Waals surface area contributed by atoms with Gasteiger partial charge in [0.25, 0.3) is 11.5 Å². The summed E-state index contributed by atoms with van der Waals surface area (Å²) >= 11 is 0. The van der Waals surface area contributed by atoms with Gasteiger partial charge in [0.1, 0.15) is 0 Å². The molecule has 1 aromatic heterocycles. The van der Waals surface area contributed by atoms with E-state index >= 15 is 0 Å². The number of fused-ring (bicyclic) bond motifs is 1. The van der Waals surface area contributed by atoms with Gasteiger partial charge in [-0.25, -0.2) is 8.78 Å². The van der Waals surface area contributed by atoms with Crippen LogP contribution in [0.4, 0.5) is 14.5 Å². The molecule has 0 radical (unpaired) electrons. The molecule has 0 spiro atoms. The number of aromatic amines is 1. The van der Waals surface area contributed by atoms with Gasteiger partial charge < -0.3 is 20.5 Å². The van der Waals surface area contributed by atoms with Gasteiger partial charge in [0.15, 0.2) is 11.6 Å². The molecule has 1 amide bonds. The van der Waals surface area contributed by atoms with Gasteiger partial charge in [0.2, 0.25) is 0 Å². The van der Waals surface area contributed by atoms with Crippen molar-refractivity contribution in [2.45, 2.75) is 0 Å². The van der Waals surface area contributed by atoms with Crippen molar-refractivity contribution in [2.24, 2.45) is 10.7 Å². The third-order valence-electron chi connectivity index (χ3n) is 5.63. The van der Waals surface area contributed by atoms with Crippen molar-refractivity contribution >= 4 is 34.3 Å². The topological polar surface area (TPSA) is 94.8 Å². The summed E-state index contributed by atoms with van der Waals surface area (Å²) in [5, 5.41) is 0.322. The Balaban J connectivity index is 1.53. The molecule has 2 aromatic carbocycles. The van der Waals surface area contributed by atoms with Crippen molar-refractivity contribution < 1.29 is 13.6 Å². The van der Waals surface area contributed by atoms with Gasteiger partial charge in [0.05, 0.1) is 16.8 Å². The van der Waals surface area contributed by atoms with Crippen LogP contribution >= 0.6 is 0 Å². The molecule has 3 N–H and O–H groups in total. The zero-order valence-corrected chi connectivity index (χ0v) is 18.0. The lowest BCUT2D eigenvalue weighted by atomic mass is 10.1. The number of allylic oxidation sites excluding steroid dienone is 1. The first kappa shape index (κ1) is 22.3. The number of aromatic nitrogens is 1. The van der Waals surface area contributed by atoms with E-state index in [2.05, 4.69) is 14.9 Å². The zero-order valence-electron chi connectivity index (χ0n) is 18.0. The Morgan fingerprint density at radius 3 is 2.39 bits per heavy atom. The Hall–Kier alpha value is -3.85. The summed E-state index contributed by atoms with van der Waals surface area (Å²) in [6.07, 6.45) is 2.62. The number of piperazine rings is 1. The maximum Gasteiger partial charge on any atom is 0.256 e. The average molecular weight is 451 g/mol. The highest BCUT2D eigenvalue weighted by Crippen LogP contribution is 2.20. The van der Waals surface area contributed by atoms with Gasteiger partial charge in [-0.05, 0) is 43.4 Å². The molecule has 1 aliphatic rings. The molecule has 0 unspecified atom stereocenters. The molecule has 1 fully saturated rings. The first-order valence-corrected chi connectivity index (χ1v) is 10.4. The number of hydrogen-bond acceptors (Lipinski definition) is 5. The summed E-state index contributed by atoms with van der Waals surface area (Å²) in [5.41, 5.74) is 6.98. The molecule has 1 aliphatic heterocycles. The minimum atomic E-state index is -1.04. The lowest BCUT2D eigenvalue weighted by molar-refractivity contribution is 0.0664. The largest absolute Gasteiger partial charge is 0.404 e. The zero-order chi connectivity index (χ0) is 23.5. The van der Waals surface area contributed by atoms with Crippen LogP contribution in [0.5, 0.6) is 0 Å². The van der Waals surface area contributed by atoms with E-state index in [9.17, 15) is 18.4 Å². The molecule has 2 heterocycles. The predicted molar refractivity (Wildman–Crippen MR) is 125 cm³/mol. The molecule has 170 valence electrons. The Morgan fingerprint density at radius 1 is 1.06 bits per heavy atom. The number of aliphatic imine (C=N–C) groups is 1. The number of nitrogens with two attached hydrogens (primary N) is 1. The molecule has 0 aliphatic carbocycles. The van der Waals surface area contributed by atoms with Crippen molar-refractivity contribution in [1.82, 2.24) is 14.8 Å². The van der Waals surface area contributed by atoms with Crippen LogP contribution in [0.2, 0.25) is 0 Å². The highest BCUT2D eigenvalue weighted by Gasteiger charge is 2.20. The van der Waals surface area contributed by atoms with Gasteiger partial charge in [0, 0.05) is 61.2 Å². The number of likely N-dealkylation sites (N-methyl/N-ethyl adjacent to an activating group) is 1. The van der Waals surface area contributed by atoms with Crippen LogP contribution in [0.25, 0.3) is 16.5 Å². The number of carbonyl (C=O) groups excluding carboxylic acids is 1. The third kappa shape index (κ3) is 4.83. The number of H-pyrrole nitrogens is 1. The number of rotatable bonds is 4. The SMILES string of the molecule is CN1CCN(C(=O)c2ccc(N=CC(=CN)c3cc4cc(F)c(F)cc4[nH]c3=O)cc2)CC1. The number of nitrogens with one attached hydrogen (secondary N) is 1. The van der Waals surface area contributed by atoms with Crippen LogP contribution in [-0.4, -0.2) is 60.1 Å². The summed E-state index contributed by atoms with van der Waals surface area (Å²) < 4.78 is 27.0.